The molecule has 0 aliphatic heterocycles. The molecule has 0 spiro atoms. The molecule has 1 amide bonds. The predicted octanol–water partition coefficient (Wildman–Crippen LogP) is 3.73. The summed E-state index contributed by atoms with van der Waals surface area (Å²) in [5.41, 5.74) is 0.357. The van der Waals surface area contributed by atoms with Crippen LogP contribution in [0, 0.1) is 16.0 Å². The van der Waals surface area contributed by atoms with E-state index < -0.39 is 27.7 Å². The van der Waals surface area contributed by atoms with Crippen LogP contribution in [0.3, 0.4) is 0 Å². The number of nitrogens with one attached hydrogen (secondary N) is 1. The third kappa shape index (κ3) is 5.21. The summed E-state index contributed by atoms with van der Waals surface area (Å²) in [6.07, 6.45) is 6.52. The monoisotopic (exact) mass is 422 g/mol. The lowest BCUT2D eigenvalue weighted by Gasteiger charge is -2.20. The molecule has 150 valence electrons. The molecule has 1 aliphatic carbocycles. The van der Waals surface area contributed by atoms with E-state index in [0.29, 0.717) is 23.0 Å². The van der Waals surface area contributed by atoms with Gasteiger partial charge in [-0.1, -0.05) is 48.9 Å². The first-order valence-corrected chi connectivity index (χ1v) is 11.1. The van der Waals surface area contributed by atoms with Gasteiger partial charge >= 0.3 is 0 Å². The Kier molecular flexibility index (Phi) is 6.87. The van der Waals surface area contributed by atoms with Gasteiger partial charge in [0, 0.05) is 29.0 Å². The van der Waals surface area contributed by atoms with E-state index in [4.69, 9.17) is 0 Å². The number of thiazole rings is 1. The first-order chi connectivity index (χ1) is 13.4. The first-order valence-electron chi connectivity index (χ1n) is 8.97. The van der Waals surface area contributed by atoms with Gasteiger partial charge in [-0.3, -0.25) is 19.1 Å². The molecule has 10 heteroatoms. The second kappa shape index (κ2) is 9.35. The van der Waals surface area contributed by atoms with Crippen molar-refractivity contribution in [2.45, 2.75) is 43.8 Å². The lowest BCUT2D eigenvalue weighted by atomic mass is 9.86. The van der Waals surface area contributed by atoms with Crippen molar-refractivity contribution in [3.63, 3.8) is 0 Å². The minimum Gasteiger partial charge on any atom is -0.772 e. The summed E-state index contributed by atoms with van der Waals surface area (Å²) >= 11 is -1.13. The number of nitro groups is 1. The van der Waals surface area contributed by atoms with Gasteiger partial charge in [-0.05, 0) is 17.9 Å². The summed E-state index contributed by atoms with van der Waals surface area (Å²) < 4.78 is 22.0. The molecular formula is C18H20N3O5S2-. The molecule has 3 rings (SSSR count). The second-order valence-corrected chi connectivity index (χ2v) is 8.65. The van der Waals surface area contributed by atoms with E-state index in [1.54, 1.807) is 17.6 Å². The molecule has 2 unspecified atom stereocenters. The molecule has 1 aromatic carbocycles. The summed E-state index contributed by atoms with van der Waals surface area (Å²) in [7, 11) is 0. The average molecular weight is 423 g/mol. The van der Waals surface area contributed by atoms with E-state index in [1.807, 2.05) is 0 Å². The third-order valence-corrected chi connectivity index (χ3v) is 6.24. The smallest absolute Gasteiger partial charge is 0.273 e. The van der Waals surface area contributed by atoms with Gasteiger partial charge < -0.3 is 9.87 Å². The molecule has 1 saturated carbocycles. The minimum absolute atomic E-state index is 0.113. The Morgan fingerprint density at radius 1 is 1.39 bits per heavy atom. The quantitative estimate of drug-likeness (QED) is 0.392. The SMILES string of the molecule is O=C(Nc1nccs1)C(CC1CCCC1)c1ccc(CS(=O)[O-])c([N+](=O)[O-])c1. The first kappa shape index (κ1) is 20.6. The molecular weight excluding hydrogens is 402 g/mol. The van der Waals surface area contributed by atoms with Crippen molar-refractivity contribution in [2.24, 2.45) is 5.92 Å². The van der Waals surface area contributed by atoms with Crippen LogP contribution in [0.1, 0.15) is 49.1 Å². The van der Waals surface area contributed by atoms with Crippen LogP contribution in [0.25, 0.3) is 0 Å². The van der Waals surface area contributed by atoms with Crippen molar-refractivity contribution in [3.05, 3.63) is 51.0 Å². The molecule has 1 aromatic heterocycles. The fraction of sp³-hybridized carbons (Fsp3) is 0.444. The van der Waals surface area contributed by atoms with Crippen molar-refractivity contribution >= 4 is 39.1 Å². The van der Waals surface area contributed by atoms with Gasteiger partial charge in [0.2, 0.25) is 5.91 Å². The molecule has 2 aromatic rings. The molecule has 8 nitrogen and oxygen atoms in total. The zero-order valence-corrected chi connectivity index (χ0v) is 16.7. The highest BCUT2D eigenvalue weighted by Gasteiger charge is 2.29. The molecule has 0 saturated heterocycles. The zero-order chi connectivity index (χ0) is 20.1. The van der Waals surface area contributed by atoms with E-state index in [-0.39, 0.29) is 17.2 Å². The molecule has 1 N–H and O–H groups in total. The highest BCUT2D eigenvalue weighted by Crippen LogP contribution is 2.36. The Bertz CT molecular complexity index is 866. The van der Waals surface area contributed by atoms with Crippen LogP contribution in [0.5, 0.6) is 0 Å². The number of carbonyl (C=O) groups is 1. The molecule has 0 radical (unpaired) electrons. The van der Waals surface area contributed by atoms with Gasteiger partial charge in [0.15, 0.2) is 5.13 Å². The Hall–Kier alpha value is -2.17. The lowest BCUT2D eigenvalue weighted by Crippen LogP contribution is -2.23. The van der Waals surface area contributed by atoms with E-state index in [1.165, 1.54) is 23.5 Å². The van der Waals surface area contributed by atoms with E-state index in [2.05, 4.69) is 10.3 Å². The normalized spacial score (nSPS) is 16.6. The van der Waals surface area contributed by atoms with E-state index >= 15 is 0 Å². The average Bonchev–Trinajstić information content (AvgIpc) is 3.33. The van der Waals surface area contributed by atoms with Crippen molar-refractivity contribution in [3.8, 4) is 0 Å². The van der Waals surface area contributed by atoms with Gasteiger partial charge in [-0.15, -0.1) is 11.3 Å². The van der Waals surface area contributed by atoms with Crippen LogP contribution in [0.15, 0.2) is 29.8 Å². The maximum atomic E-state index is 12.9. The number of nitro benzene ring substituents is 1. The van der Waals surface area contributed by atoms with Gasteiger partial charge in [0.1, 0.15) is 0 Å². The Morgan fingerprint density at radius 2 is 2.14 bits per heavy atom. The highest BCUT2D eigenvalue weighted by molar-refractivity contribution is 7.78. The van der Waals surface area contributed by atoms with Crippen molar-refractivity contribution in [1.82, 2.24) is 4.98 Å². The number of amides is 1. The van der Waals surface area contributed by atoms with Gasteiger partial charge in [0.25, 0.3) is 5.69 Å². The summed E-state index contributed by atoms with van der Waals surface area (Å²) in [6, 6.07) is 4.39. The number of benzene rings is 1. The molecule has 2 atom stereocenters. The number of aromatic nitrogens is 1. The fourth-order valence-corrected chi connectivity index (χ4v) is 4.70. The second-order valence-electron chi connectivity index (χ2n) is 6.86. The van der Waals surface area contributed by atoms with E-state index in [0.717, 1.165) is 25.7 Å². The number of anilines is 1. The molecule has 28 heavy (non-hydrogen) atoms. The van der Waals surface area contributed by atoms with Crippen molar-refractivity contribution < 1.29 is 18.5 Å². The zero-order valence-electron chi connectivity index (χ0n) is 15.0. The van der Waals surface area contributed by atoms with Crippen LogP contribution in [0.2, 0.25) is 0 Å². The predicted molar refractivity (Wildman–Crippen MR) is 106 cm³/mol. The number of nitrogens with zero attached hydrogens (tertiary/aromatic N) is 2. The molecule has 0 bridgehead atoms. The maximum absolute atomic E-state index is 12.9. The van der Waals surface area contributed by atoms with E-state index in [9.17, 15) is 23.7 Å². The number of carbonyl (C=O) groups excluding carboxylic acids is 1. The van der Waals surface area contributed by atoms with Crippen LogP contribution >= 0.6 is 11.3 Å². The summed E-state index contributed by atoms with van der Waals surface area (Å²) in [4.78, 5) is 27.8. The minimum atomic E-state index is -2.44. The molecule has 1 aliphatic rings. The number of hydrogen-bond acceptors (Lipinski definition) is 7. The molecule has 1 fully saturated rings. The fourth-order valence-electron chi connectivity index (χ4n) is 3.67. The summed E-state index contributed by atoms with van der Waals surface area (Å²) in [6.45, 7) is 0. The third-order valence-electron chi connectivity index (χ3n) is 5.00. The molecule has 1 heterocycles. The van der Waals surface area contributed by atoms with Crippen LogP contribution in [-0.4, -0.2) is 24.6 Å². The van der Waals surface area contributed by atoms with Gasteiger partial charge in [0.05, 0.1) is 10.8 Å². The standard InChI is InChI=1S/C18H21N3O5S2/c22-17(20-18-19-7-8-27-18)15(9-12-3-1-2-4-12)13-5-6-14(11-28(25)26)16(10-13)21(23)24/h5-8,10,12,15H,1-4,9,11H2,(H,25,26)(H,19,20,22)/p-1. The topological polar surface area (TPSA) is 125 Å². The van der Waals surface area contributed by atoms with Crippen molar-refractivity contribution in [2.75, 3.05) is 5.32 Å². The number of rotatable bonds is 8. The van der Waals surface area contributed by atoms with Crippen molar-refractivity contribution in [1.29, 1.82) is 0 Å². The Labute approximate surface area is 168 Å². The maximum Gasteiger partial charge on any atom is 0.273 e. The summed E-state index contributed by atoms with van der Waals surface area (Å²) in [5.74, 6) is -0.858. The lowest BCUT2D eigenvalue weighted by molar-refractivity contribution is -0.385. The largest absolute Gasteiger partial charge is 0.772 e. The number of hydrogen-bond donors (Lipinski definition) is 1. The van der Waals surface area contributed by atoms with Crippen LogP contribution < -0.4 is 5.32 Å². The Morgan fingerprint density at radius 3 is 2.75 bits per heavy atom. The Balaban J connectivity index is 1.91. The summed E-state index contributed by atoms with van der Waals surface area (Å²) in [5, 5.41) is 16.5. The van der Waals surface area contributed by atoms with Crippen LogP contribution in [0.4, 0.5) is 10.8 Å². The highest BCUT2D eigenvalue weighted by atomic mass is 32.2. The van der Waals surface area contributed by atoms with Gasteiger partial charge in [-0.25, -0.2) is 4.98 Å². The van der Waals surface area contributed by atoms with Gasteiger partial charge in [-0.2, -0.15) is 0 Å². The van der Waals surface area contributed by atoms with Crippen LogP contribution in [-0.2, 0) is 21.6 Å².